The van der Waals surface area contributed by atoms with E-state index in [-0.39, 0.29) is 16.1 Å². The predicted octanol–water partition coefficient (Wildman–Crippen LogP) is 2.58. The van der Waals surface area contributed by atoms with Gasteiger partial charge in [-0.1, -0.05) is 11.6 Å². The second-order valence-electron chi connectivity index (χ2n) is 5.60. The van der Waals surface area contributed by atoms with Crippen LogP contribution in [0.4, 0.5) is 13.2 Å². The Balaban J connectivity index is 2.11. The molecule has 1 aliphatic rings. The lowest BCUT2D eigenvalue weighted by atomic mass is 9.98. The fourth-order valence-corrected chi connectivity index (χ4v) is 3.03. The standard InChI is InChI=1S/C16H14ClF3N4O2/c17-10-5-8(6-24-13(10)11-7-22-3-4-26-11)12-9(15(21)25)1-2-23-14(12)16(18,19)20/h1-2,5-6,11,22H,3-4,7H2,(H2,21,25). The number of nitrogens with zero attached hydrogens (tertiary/aromatic N) is 2. The van der Waals surface area contributed by atoms with Crippen LogP contribution in [-0.2, 0) is 10.9 Å². The fourth-order valence-electron chi connectivity index (χ4n) is 2.74. The Hall–Kier alpha value is -2.23. The molecule has 3 heterocycles. The van der Waals surface area contributed by atoms with Crippen LogP contribution >= 0.6 is 11.6 Å². The Bertz CT molecular complexity index is 839. The topological polar surface area (TPSA) is 90.1 Å². The number of rotatable bonds is 3. The molecule has 1 fully saturated rings. The van der Waals surface area contributed by atoms with E-state index in [0.29, 0.717) is 25.4 Å². The highest BCUT2D eigenvalue weighted by molar-refractivity contribution is 6.31. The second kappa shape index (κ2) is 7.18. The van der Waals surface area contributed by atoms with Crippen LogP contribution in [0, 0.1) is 0 Å². The van der Waals surface area contributed by atoms with Crippen molar-refractivity contribution in [2.45, 2.75) is 12.3 Å². The normalized spacial score (nSPS) is 17.9. The van der Waals surface area contributed by atoms with Crippen molar-refractivity contribution >= 4 is 17.5 Å². The largest absolute Gasteiger partial charge is 0.433 e. The van der Waals surface area contributed by atoms with Gasteiger partial charge in [-0.15, -0.1) is 0 Å². The number of carbonyl (C=O) groups excluding carboxylic acids is 1. The van der Waals surface area contributed by atoms with Crippen molar-refractivity contribution < 1.29 is 22.7 Å². The van der Waals surface area contributed by atoms with Gasteiger partial charge in [-0.3, -0.25) is 14.8 Å². The van der Waals surface area contributed by atoms with E-state index in [4.69, 9.17) is 22.1 Å². The summed E-state index contributed by atoms with van der Waals surface area (Å²) in [6, 6.07) is 2.43. The highest BCUT2D eigenvalue weighted by atomic mass is 35.5. The van der Waals surface area contributed by atoms with Gasteiger partial charge in [-0.25, -0.2) is 0 Å². The molecule has 0 aliphatic carbocycles. The molecule has 6 nitrogen and oxygen atoms in total. The fraction of sp³-hybridized carbons (Fsp3) is 0.312. The highest BCUT2D eigenvalue weighted by Crippen LogP contribution is 2.38. The smallest absolute Gasteiger partial charge is 0.369 e. The lowest BCUT2D eigenvalue weighted by Gasteiger charge is -2.24. The molecular formula is C16H14ClF3N4O2. The number of pyridine rings is 2. The quantitative estimate of drug-likeness (QED) is 0.846. The van der Waals surface area contributed by atoms with Crippen molar-refractivity contribution in [3.05, 3.63) is 46.5 Å². The van der Waals surface area contributed by atoms with E-state index in [1.807, 2.05) is 0 Å². The van der Waals surface area contributed by atoms with Gasteiger partial charge in [0.2, 0.25) is 5.91 Å². The molecule has 2 aromatic heterocycles. The Morgan fingerprint density at radius 3 is 2.73 bits per heavy atom. The van der Waals surface area contributed by atoms with Crippen molar-refractivity contribution in [2.24, 2.45) is 5.73 Å². The molecular weight excluding hydrogens is 373 g/mol. The van der Waals surface area contributed by atoms with E-state index in [2.05, 4.69) is 15.3 Å². The van der Waals surface area contributed by atoms with E-state index < -0.39 is 29.4 Å². The molecule has 0 saturated carbocycles. The average Bonchev–Trinajstić information content (AvgIpc) is 2.61. The number of alkyl halides is 3. The van der Waals surface area contributed by atoms with Gasteiger partial charge in [0.25, 0.3) is 0 Å². The number of hydrogen-bond donors (Lipinski definition) is 2. The molecule has 1 atom stereocenters. The number of carbonyl (C=O) groups is 1. The molecule has 0 spiro atoms. The van der Waals surface area contributed by atoms with Gasteiger partial charge in [0, 0.05) is 36.6 Å². The molecule has 3 N–H and O–H groups in total. The van der Waals surface area contributed by atoms with Gasteiger partial charge in [-0.05, 0) is 12.1 Å². The van der Waals surface area contributed by atoms with Crippen LogP contribution in [0.3, 0.4) is 0 Å². The number of halogens is 4. The Morgan fingerprint density at radius 1 is 1.38 bits per heavy atom. The monoisotopic (exact) mass is 386 g/mol. The summed E-state index contributed by atoms with van der Waals surface area (Å²) in [5, 5.41) is 3.24. The molecule has 10 heteroatoms. The third kappa shape index (κ3) is 3.64. The number of nitrogens with two attached hydrogens (primary N) is 1. The van der Waals surface area contributed by atoms with Crippen molar-refractivity contribution in [3.63, 3.8) is 0 Å². The molecule has 1 saturated heterocycles. The van der Waals surface area contributed by atoms with Crippen molar-refractivity contribution in [2.75, 3.05) is 19.7 Å². The van der Waals surface area contributed by atoms with Gasteiger partial charge >= 0.3 is 6.18 Å². The molecule has 3 rings (SSSR count). The first-order chi connectivity index (χ1) is 12.3. The number of ether oxygens (including phenoxy) is 1. The summed E-state index contributed by atoms with van der Waals surface area (Å²) in [5.74, 6) is -1.01. The second-order valence-corrected chi connectivity index (χ2v) is 6.01. The van der Waals surface area contributed by atoms with Crippen LogP contribution in [0.2, 0.25) is 5.02 Å². The van der Waals surface area contributed by atoms with Crippen LogP contribution < -0.4 is 11.1 Å². The van der Waals surface area contributed by atoms with Gasteiger partial charge in [0.05, 0.1) is 22.9 Å². The lowest BCUT2D eigenvalue weighted by molar-refractivity contribution is -0.140. The zero-order valence-corrected chi connectivity index (χ0v) is 14.1. The van der Waals surface area contributed by atoms with Gasteiger partial charge in [0.1, 0.15) is 6.10 Å². The van der Waals surface area contributed by atoms with E-state index >= 15 is 0 Å². The zero-order chi connectivity index (χ0) is 18.9. The molecule has 1 unspecified atom stereocenters. The van der Waals surface area contributed by atoms with E-state index in [1.165, 1.54) is 12.3 Å². The minimum absolute atomic E-state index is 0.00302. The number of amides is 1. The Morgan fingerprint density at radius 2 is 2.15 bits per heavy atom. The minimum Gasteiger partial charge on any atom is -0.369 e. The maximum absolute atomic E-state index is 13.4. The molecule has 0 bridgehead atoms. The van der Waals surface area contributed by atoms with Crippen LogP contribution in [0.15, 0.2) is 24.5 Å². The summed E-state index contributed by atoms with van der Waals surface area (Å²) in [6.07, 6.45) is -3.09. The molecule has 1 aliphatic heterocycles. The van der Waals surface area contributed by atoms with Crippen LogP contribution in [0.1, 0.15) is 27.8 Å². The number of morpholine rings is 1. The summed E-state index contributed by atoms with van der Waals surface area (Å²) in [6.45, 7) is 1.65. The average molecular weight is 387 g/mol. The molecule has 1 amide bonds. The molecule has 138 valence electrons. The summed E-state index contributed by atoms with van der Waals surface area (Å²) >= 11 is 6.22. The van der Waals surface area contributed by atoms with E-state index in [1.54, 1.807) is 0 Å². The maximum atomic E-state index is 13.4. The summed E-state index contributed by atoms with van der Waals surface area (Å²) < 4.78 is 45.6. The predicted molar refractivity (Wildman–Crippen MR) is 87.6 cm³/mol. The zero-order valence-electron chi connectivity index (χ0n) is 13.3. The minimum atomic E-state index is -4.78. The van der Waals surface area contributed by atoms with Gasteiger partial charge in [-0.2, -0.15) is 13.2 Å². The van der Waals surface area contributed by atoms with Crippen molar-refractivity contribution in [3.8, 4) is 11.1 Å². The van der Waals surface area contributed by atoms with Crippen molar-refractivity contribution in [1.82, 2.24) is 15.3 Å². The summed E-state index contributed by atoms with van der Waals surface area (Å²) in [7, 11) is 0. The number of primary amides is 1. The van der Waals surface area contributed by atoms with Crippen molar-refractivity contribution in [1.29, 1.82) is 0 Å². The van der Waals surface area contributed by atoms with Gasteiger partial charge < -0.3 is 15.8 Å². The SMILES string of the molecule is NC(=O)c1ccnc(C(F)(F)F)c1-c1cnc(C2CNCCO2)c(Cl)c1. The first-order valence-corrected chi connectivity index (χ1v) is 8.01. The Labute approximate surface area is 151 Å². The first-order valence-electron chi connectivity index (χ1n) is 7.63. The molecule has 2 aromatic rings. The van der Waals surface area contributed by atoms with E-state index in [9.17, 15) is 18.0 Å². The number of nitrogens with one attached hydrogen (secondary N) is 1. The van der Waals surface area contributed by atoms with E-state index in [0.717, 1.165) is 12.3 Å². The maximum Gasteiger partial charge on any atom is 0.433 e. The third-order valence-corrected chi connectivity index (χ3v) is 4.18. The first kappa shape index (κ1) is 18.6. The van der Waals surface area contributed by atoms with Crippen LogP contribution in [0.25, 0.3) is 11.1 Å². The number of hydrogen-bond acceptors (Lipinski definition) is 5. The van der Waals surface area contributed by atoms with Gasteiger partial charge in [0.15, 0.2) is 5.69 Å². The lowest BCUT2D eigenvalue weighted by Crippen LogP contribution is -2.33. The third-order valence-electron chi connectivity index (χ3n) is 3.88. The molecule has 0 radical (unpaired) electrons. The number of aromatic nitrogens is 2. The highest BCUT2D eigenvalue weighted by Gasteiger charge is 2.37. The van der Waals surface area contributed by atoms with Crippen LogP contribution in [-0.4, -0.2) is 35.6 Å². The Kier molecular flexibility index (Phi) is 5.12. The molecule has 26 heavy (non-hydrogen) atoms. The van der Waals surface area contributed by atoms with Crippen LogP contribution in [0.5, 0.6) is 0 Å². The molecule has 0 aromatic carbocycles. The summed E-state index contributed by atoms with van der Waals surface area (Å²) in [5.41, 5.74) is 3.65. The summed E-state index contributed by atoms with van der Waals surface area (Å²) in [4.78, 5) is 19.1.